The summed E-state index contributed by atoms with van der Waals surface area (Å²) in [7, 11) is 0. The number of thioether (sulfide) groups is 1. The van der Waals surface area contributed by atoms with E-state index in [-0.39, 0.29) is 0 Å². The minimum Gasteiger partial charge on any atom is -0.493 e. The van der Waals surface area contributed by atoms with E-state index < -0.39 is 0 Å². The van der Waals surface area contributed by atoms with E-state index in [2.05, 4.69) is 15.5 Å². The van der Waals surface area contributed by atoms with Crippen LogP contribution < -0.4 is 10.1 Å². The first-order valence-electron chi connectivity index (χ1n) is 6.90. The molecule has 0 saturated heterocycles. The highest BCUT2D eigenvalue weighted by atomic mass is 35.5. The summed E-state index contributed by atoms with van der Waals surface area (Å²) in [6.07, 6.45) is 1.65. The number of aromatic nitrogens is 2. The Morgan fingerprint density at radius 1 is 1.26 bits per heavy atom. The van der Waals surface area contributed by atoms with Crippen molar-refractivity contribution in [3.8, 4) is 5.75 Å². The Hall–Kier alpha value is -1.70. The first-order valence-corrected chi connectivity index (χ1v) is 9.08. The number of furan rings is 1. The van der Waals surface area contributed by atoms with Gasteiger partial charge in [-0.15, -0.1) is 10.2 Å². The summed E-state index contributed by atoms with van der Waals surface area (Å²) in [5.41, 5.74) is 0. The van der Waals surface area contributed by atoms with Gasteiger partial charge in [-0.1, -0.05) is 40.8 Å². The third-order valence-corrected chi connectivity index (χ3v) is 4.99. The predicted molar refractivity (Wildman–Crippen MR) is 93.6 cm³/mol. The first kappa shape index (κ1) is 16.2. The number of nitrogens with zero attached hydrogens (tertiary/aromatic N) is 2. The molecular formula is C15H14ClN3O2S2. The van der Waals surface area contributed by atoms with E-state index in [4.69, 9.17) is 20.8 Å². The number of nitrogens with one attached hydrogen (secondary N) is 1. The van der Waals surface area contributed by atoms with Crippen molar-refractivity contribution in [1.29, 1.82) is 0 Å². The molecule has 1 N–H and O–H groups in total. The van der Waals surface area contributed by atoms with Gasteiger partial charge < -0.3 is 14.5 Å². The van der Waals surface area contributed by atoms with Crippen molar-refractivity contribution < 1.29 is 9.15 Å². The van der Waals surface area contributed by atoms with Crippen molar-refractivity contribution in [3.05, 3.63) is 53.4 Å². The molecule has 0 fully saturated rings. The zero-order valence-corrected chi connectivity index (χ0v) is 14.5. The second-order valence-electron chi connectivity index (χ2n) is 4.46. The molecule has 0 saturated carbocycles. The monoisotopic (exact) mass is 367 g/mol. The van der Waals surface area contributed by atoms with Crippen LogP contribution in [-0.4, -0.2) is 22.6 Å². The van der Waals surface area contributed by atoms with Crippen molar-refractivity contribution in [2.45, 2.75) is 10.9 Å². The van der Waals surface area contributed by atoms with Gasteiger partial charge in [0.1, 0.15) is 11.5 Å². The molecule has 0 amide bonds. The normalized spacial score (nSPS) is 10.7. The number of hydrogen-bond donors (Lipinski definition) is 1. The summed E-state index contributed by atoms with van der Waals surface area (Å²) < 4.78 is 11.8. The molecular weight excluding hydrogens is 354 g/mol. The van der Waals surface area contributed by atoms with E-state index >= 15 is 0 Å². The van der Waals surface area contributed by atoms with Crippen LogP contribution in [0, 0.1) is 0 Å². The Morgan fingerprint density at radius 3 is 3.04 bits per heavy atom. The van der Waals surface area contributed by atoms with Gasteiger partial charge in [-0.3, -0.25) is 0 Å². The van der Waals surface area contributed by atoms with Gasteiger partial charge in [0.05, 0.1) is 19.4 Å². The maximum absolute atomic E-state index is 5.91. The number of benzene rings is 1. The Balaban J connectivity index is 1.39. The molecule has 3 aromatic rings. The topological polar surface area (TPSA) is 60.2 Å². The van der Waals surface area contributed by atoms with Gasteiger partial charge in [-0.2, -0.15) is 0 Å². The largest absolute Gasteiger partial charge is 0.493 e. The molecule has 2 heterocycles. The first-order chi connectivity index (χ1) is 11.3. The summed E-state index contributed by atoms with van der Waals surface area (Å²) in [5, 5.41) is 12.9. The SMILES string of the molecule is Clc1cccc(OCCSc2nnc(NCc3ccco3)s2)c1. The Morgan fingerprint density at radius 2 is 2.22 bits per heavy atom. The molecule has 0 aliphatic carbocycles. The smallest absolute Gasteiger partial charge is 0.206 e. The van der Waals surface area contributed by atoms with Crippen LogP contribution in [0.1, 0.15) is 5.76 Å². The van der Waals surface area contributed by atoms with Gasteiger partial charge in [0.15, 0.2) is 4.34 Å². The quantitative estimate of drug-likeness (QED) is 0.465. The number of anilines is 1. The molecule has 5 nitrogen and oxygen atoms in total. The van der Waals surface area contributed by atoms with E-state index in [1.807, 2.05) is 30.3 Å². The highest BCUT2D eigenvalue weighted by Gasteiger charge is 2.05. The zero-order chi connectivity index (χ0) is 15.9. The molecule has 3 rings (SSSR count). The third kappa shape index (κ3) is 5.16. The van der Waals surface area contributed by atoms with Crippen LogP contribution in [0.4, 0.5) is 5.13 Å². The lowest BCUT2D eigenvalue weighted by molar-refractivity contribution is 0.344. The molecule has 0 bridgehead atoms. The molecule has 2 aromatic heterocycles. The maximum Gasteiger partial charge on any atom is 0.206 e. The number of rotatable bonds is 8. The van der Waals surface area contributed by atoms with Gasteiger partial charge >= 0.3 is 0 Å². The average molecular weight is 368 g/mol. The lowest BCUT2D eigenvalue weighted by Gasteiger charge is -2.04. The lowest BCUT2D eigenvalue weighted by Crippen LogP contribution is -1.99. The van der Waals surface area contributed by atoms with Crippen LogP contribution in [0.5, 0.6) is 5.75 Å². The van der Waals surface area contributed by atoms with E-state index in [0.29, 0.717) is 18.2 Å². The van der Waals surface area contributed by atoms with E-state index in [1.165, 1.54) is 11.3 Å². The third-order valence-electron chi connectivity index (χ3n) is 2.77. The van der Waals surface area contributed by atoms with Crippen molar-refractivity contribution in [2.75, 3.05) is 17.7 Å². The molecule has 23 heavy (non-hydrogen) atoms. The highest BCUT2D eigenvalue weighted by Crippen LogP contribution is 2.26. The molecule has 0 aliphatic rings. The van der Waals surface area contributed by atoms with Crippen LogP contribution >= 0.6 is 34.7 Å². The molecule has 0 unspecified atom stereocenters. The van der Waals surface area contributed by atoms with Gasteiger partial charge in [0, 0.05) is 10.8 Å². The van der Waals surface area contributed by atoms with Crippen LogP contribution in [0.2, 0.25) is 5.02 Å². The molecule has 0 atom stereocenters. The summed E-state index contributed by atoms with van der Waals surface area (Å²) in [6, 6.07) is 11.1. The number of ether oxygens (including phenoxy) is 1. The van der Waals surface area contributed by atoms with Crippen LogP contribution in [-0.2, 0) is 6.54 Å². The molecule has 1 aromatic carbocycles. The Labute approximate surface area is 147 Å². The van der Waals surface area contributed by atoms with Crippen LogP contribution in [0.3, 0.4) is 0 Å². The summed E-state index contributed by atoms with van der Waals surface area (Å²) in [6.45, 7) is 1.18. The second kappa shape index (κ2) is 8.24. The zero-order valence-electron chi connectivity index (χ0n) is 12.1. The molecule has 0 radical (unpaired) electrons. The maximum atomic E-state index is 5.91. The van der Waals surface area contributed by atoms with Gasteiger partial charge in [-0.25, -0.2) is 0 Å². The van der Waals surface area contributed by atoms with Crippen molar-refractivity contribution in [3.63, 3.8) is 0 Å². The van der Waals surface area contributed by atoms with Crippen LogP contribution in [0.25, 0.3) is 0 Å². The fourth-order valence-electron chi connectivity index (χ4n) is 1.76. The van der Waals surface area contributed by atoms with E-state index in [1.54, 1.807) is 24.1 Å². The molecule has 8 heteroatoms. The Kier molecular flexibility index (Phi) is 5.79. The number of hydrogen-bond acceptors (Lipinski definition) is 7. The second-order valence-corrected chi connectivity index (χ2v) is 7.22. The Bertz CT molecular complexity index is 734. The molecule has 0 aliphatic heterocycles. The van der Waals surface area contributed by atoms with Crippen molar-refractivity contribution in [1.82, 2.24) is 10.2 Å². The van der Waals surface area contributed by atoms with Crippen molar-refractivity contribution >= 4 is 39.8 Å². The minimum absolute atomic E-state index is 0.583. The molecule has 0 spiro atoms. The van der Waals surface area contributed by atoms with Gasteiger partial charge in [0.2, 0.25) is 5.13 Å². The van der Waals surface area contributed by atoms with E-state index in [9.17, 15) is 0 Å². The van der Waals surface area contributed by atoms with Gasteiger partial charge in [-0.05, 0) is 30.3 Å². The summed E-state index contributed by atoms with van der Waals surface area (Å²) in [5.74, 6) is 2.43. The fourth-order valence-corrected chi connectivity index (χ4v) is 3.58. The fraction of sp³-hybridized carbons (Fsp3) is 0.200. The minimum atomic E-state index is 0.583. The van der Waals surface area contributed by atoms with Gasteiger partial charge in [0.25, 0.3) is 0 Å². The summed E-state index contributed by atoms with van der Waals surface area (Å²) in [4.78, 5) is 0. The molecule has 120 valence electrons. The van der Waals surface area contributed by atoms with Crippen LogP contribution in [0.15, 0.2) is 51.4 Å². The highest BCUT2D eigenvalue weighted by molar-refractivity contribution is 8.01. The van der Waals surface area contributed by atoms with E-state index in [0.717, 1.165) is 26.7 Å². The standard InChI is InChI=1S/C15H14ClN3O2S2/c16-11-3-1-4-12(9-11)21-7-8-22-15-19-18-14(23-15)17-10-13-5-2-6-20-13/h1-6,9H,7-8,10H2,(H,17,18). The average Bonchev–Trinajstić information content (AvgIpc) is 3.21. The summed E-state index contributed by atoms with van der Waals surface area (Å²) >= 11 is 9.03. The number of halogens is 1. The predicted octanol–water partition coefficient (Wildman–Crippen LogP) is 4.57. The lowest BCUT2D eigenvalue weighted by atomic mass is 10.3. The van der Waals surface area contributed by atoms with Crippen molar-refractivity contribution in [2.24, 2.45) is 0 Å².